The summed E-state index contributed by atoms with van der Waals surface area (Å²) in [7, 11) is 0. The molecule has 210 valence electrons. The second kappa shape index (κ2) is 22.6. The summed E-state index contributed by atoms with van der Waals surface area (Å²) in [5.41, 5.74) is 0. The number of nitrogens with one attached hydrogen (secondary N) is 1. The Morgan fingerprint density at radius 2 is 1.19 bits per heavy atom. The van der Waals surface area contributed by atoms with Gasteiger partial charge in [-0.2, -0.15) is 0 Å². The molecule has 0 spiro atoms. The molecular weight excluding hydrogens is 452 g/mol. The van der Waals surface area contributed by atoms with Crippen LogP contribution in [0.4, 0.5) is 0 Å². The normalized spacial score (nSPS) is 15.7. The van der Waals surface area contributed by atoms with Crippen LogP contribution in [0.1, 0.15) is 149 Å². The second-order valence-corrected chi connectivity index (χ2v) is 10.5. The average molecular weight is 509 g/mol. The van der Waals surface area contributed by atoms with E-state index in [-0.39, 0.29) is 24.8 Å². The zero-order valence-electron chi connectivity index (χ0n) is 23.6. The highest BCUT2D eigenvalue weighted by Crippen LogP contribution is 2.16. The minimum Gasteiger partial charge on any atom is -0.466 e. The van der Waals surface area contributed by atoms with Crippen molar-refractivity contribution in [3.05, 3.63) is 0 Å². The number of hydrogen-bond acceptors (Lipinski definition) is 4. The highest BCUT2D eigenvalue weighted by Gasteiger charge is 2.34. The number of carbonyl (C=O) groups is 3. The third kappa shape index (κ3) is 16.2. The van der Waals surface area contributed by atoms with E-state index in [0.29, 0.717) is 19.5 Å². The molecule has 0 bridgehead atoms. The second-order valence-electron chi connectivity index (χ2n) is 10.5. The Morgan fingerprint density at radius 1 is 0.750 bits per heavy atom. The van der Waals surface area contributed by atoms with Crippen molar-refractivity contribution in [2.75, 3.05) is 19.7 Å². The number of amides is 2. The van der Waals surface area contributed by atoms with E-state index in [2.05, 4.69) is 12.2 Å². The molecule has 0 saturated carbocycles. The molecule has 6 heteroatoms. The minimum absolute atomic E-state index is 0.0221. The van der Waals surface area contributed by atoms with Gasteiger partial charge in [0.25, 0.3) is 0 Å². The van der Waals surface area contributed by atoms with Crippen molar-refractivity contribution < 1.29 is 19.1 Å². The maximum Gasteiger partial charge on any atom is 0.308 e. The Bertz CT molecular complexity index is 581. The molecule has 0 aromatic carbocycles. The minimum atomic E-state index is -0.731. The number of nitrogens with zero attached hydrogens (tertiary/aromatic N) is 1. The summed E-state index contributed by atoms with van der Waals surface area (Å²) in [4.78, 5) is 38.3. The van der Waals surface area contributed by atoms with E-state index in [0.717, 1.165) is 12.8 Å². The van der Waals surface area contributed by atoms with Gasteiger partial charge >= 0.3 is 5.97 Å². The van der Waals surface area contributed by atoms with E-state index < -0.39 is 12.0 Å². The Kier molecular flexibility index (Phi) is 20.4. The lowest BCUT2D eigenvalue weighted by Gasteiger charge is -2.34. The molecule has 0 radical (unpaired) electrons. The van der Waals surface area contributed by atoms with Gasteiger partial charge in [0, 0.05) is 19.5 Å². The van der Waals surface area contributed by atoms with Gasteiger partial charge in [-0.15, -0.1) is 0 Å². The quantitative estimate of drug-likeness (QED) is 0.118. The first-order valence-corrected chi connectivity index (χ1v) is 15.3. The number of unbranched alkanes of at least 4 members (excludes halogenated alkanes) is 18. The average Bonchev–Trinajstić information content (AvgIpc) is 2.86. The molecule has 0 aliphatic carbocycles. The van der Waals surface area contributed by atoms with E-state index in [1.54, 1.807) is 11.8 Å². The lowest BCUT2D eigenvalue weighted by molar-refractivity contribution is -0.151. The van der Waals surface area contributed by atoms with Crippen LogP contribution in [0.25, 0.3) is 0 Å². The fraction of sp³-hybridized carbons (Fsp3) is 0.900. The van der Waals surface area contributed by atoms with Crippen LogP contribution in [0, 0.1) is 0 Å². The number of rotatable bonds is 23. The van der Waals surface area contributed by atoms with Crippen LogP contribution in [0.15, 0.2) is 0 Å². The highest BCUT2D eigenvalue weighted by molar-refractivity contribution is 5.91. The molecule has 1 rings (SSSR count). The smallest absolute Gasteiger partial charge is 0.308 e. The summed E-state index contributed by atoms with van der Waals surface area (Å²) in [6.45, 7) is 5.21. The molecule has 1 fully saturated rings. The third-order valence-corrected chi connectivity index (χ3v) is 7.31. The third-order valence-electron chi connectivity index (χ3n) is 7.31. The van der Waals surface area contributed by atoms with Crippen LogP contribution in [-0.2, 0) is 19.1 Å². The SMILES string of the molecule is CCCCCCCCCCCCCCCCCCCCCC(=O)N1CCNC(=O)C1CC(=O)OCC. The summed E-state index contributed by atoms with van der Waals surface area (Å²) >= 11 is 0. The number of piperazine rings is 1. The monoisotopic (exact) mass is 508 g/mol. The maximum absolute atomic E-state index is 12.7. The fourth-order valence-corrected chi connectivity index (χ4v) is 5.09. The van der Waals surface area contributed by atoms with E-state index >= 15 is 0 Å². The van der Waals surface area contributed by atoms with Gasteiger partial charge in [-0.05, 0) is 13.3 Å². The molecule has 1 unspecified atom stereocenters. The standard InChI is InChI=1S/C30H56N2O4/c1-3-5-6-7-8-9-10-11-12-13-14-15-16-17-18-19-20-21-22-23-28(33)32-25-24-31-30(35)27(32)26-29(34)36-4-2/h27H,3-26H2,1-2H3,(H,31,35). The zero-order chi connectivity index (χ0) is 26.3. The van der Waals surface area contributed by atoms with Crippen molar-refractivity contribution in [2.24, 2.45) is 0 Å². The molecule has 1 saturated heterocycles. The fourth-order valence-electron chi connectivity index (χ4n) is 5.09. The van der Waals surface area contributed by atoms with E-state index in [1.165, 1.54) is 109 Å². The van der Waals surface area contributed by atoms with E-state index in [1.807, 2.05) is 0 Å². The summed E-state index contributed by atoms with van der Waals surface area (Å²) in [6.07, 6.45) is 25.6. The Labute approximate surface area is 221 Å². The molecule has 2 amide bonds. The molecule has 1 atom stereocenters. The van der Waals surface area contributed by atoms with Crippen LogP contribution in [0.2, 0.25) is 0 Å². The number of hydrogen-bond donors (Lipinski definition) is 1. The number of ether oxygens (including phenoxy) is 1. The summed E-state index contributed by atoms with van der Waals surface area (Å²) in [6, 6.07) is -0.731. The van der Waals surface area contributed by atoms with Crippen LogP contribution in [0.3, 0.4) is 0 Å². The van der Waals surface area contributed by atoms with Crippen molar-refractivity contribution in [2.45, 2.75) is 155 Å². The van der Waals surface area contributed by atoms with Crippen LogP contribution >= 0.6 is 0 Å². The topological polar surface area (TPSA) is 75.7 Å². The molecular formula is C30H56N2O4. The molecule has 6 nitrogen and oxygen atoms in total. The molecule has 0 aromatic heterocycles. The van der Waals surface area contributed by atoms with Gasteiger partial charge in [0.05, 0.1) is 13.0 Å². The van der Waals surface area contributed by atoms with Gasteiger partial charge in [-0.25, -0.2) is 0 Å². The lowest BCUT2D eigenvalue weighted by atomic mass is 10.0. The van der Waals surface area contributed by atoms with Crippen LogP contribution in [0.5, 0.6) is 0 Å². The van der Waals surface area contributed by atoms with Gasteiger partial charge < -0.3 is 15.0 Å². The van der Waals surface area contributed by atoms with Crippen molar-refractivity contribution in [1.29, 1.82) is 0 Å². The first-order valence-electron chi connectivity index (χ1n) is 15.3. The molecule has 1 aliphatic heterocycles. The predicted molar refractivity (Wildman–Crippen MR) is 148 cm³/mol. The summed E-state index contributed by atoms with van der Waals surface area (Å²) in [5, 5.41) is 2.75. The van der Waals surface area contributed by atoms with Crippen molar-refractivity contribution in [3.63, 3.8) is 0 Å². The van der Waals surface area contributed by atoms with Gasteiger partial charge in [-0.1, -0.05) is 122 Å². The Balaban J connectivity index is 1.94. The Morgan fingerprint density at radius 3 is 1.64 bits per heavy atom. The lowest BCUT2D eigenvalue weighted by Crippen LogP contribution is -2.57. The first-order chi connectivity index (χ1) is 17.6. The summed E-state index contributed by atoms with van der Waals surface area (Å²) < 4.78 is 4.97. The van der Waals surface area contributed by atoms with Crippen molar-refractivity contribution in [1.82, 2.24) is 10.2 Å². The number of carbonyl (C=O) groups excluding carboxylic acids is 3. The Hall–Kier alpha value is -1.59. The maximum atomic E-state index is 12.7. The van der Waals surface area contributed by atoms with Gasteiger partial charge in [-0.3, -0.25) is 14.4 Å². The molecule has 0 aromatic rings. The largest absolute Gasteiger partial charge is 0.466 e. The number of esters is 1. The summed E-state index contributed by atoms with van der Waals surface area (Å²) in [5.74, 6) is -0.706. The van der Waals surface area contributed by atoms with Gasteiger partial charge in [0.15, 0.2) is 0 Å². The van der Waals surface area contributed by atoms with Crippen LogP contribution in [-0.4, -0.2) is 48.4 Å². The van der Waals surface area contributed by atoms with E-state index in [9.17, 15) is 14.4 Å². The first kappa shape index (κ1) is 32.4. The van der Waals surface area contributed by atoms with Crippen molar-refractivity contribution >= 4 is 17.8 Å². The molecule has 36 heavy (non-hydrogen) atoms. The molecule has 1 aliphatic rings. The molecule has 1 N–H and O–H groups in total. The zero-order valence-corrected chi connectivity index (χ0v) is 23.6. The van der Waals surface area contributed by atoms with E-state index in [4.69, 9.17) is 4.74 Å². The molecule has 1 heterocycles. The highest BCUT2D eigenvalue weighted by atomic mass is 16.5. The van der Waals surface area contributed by atoms with Crippen molar-refractivity contribution in [3.8, 4) is 0 Å². The van der Waals surface area contributed by atoms with Gasteiger partial charge in [0.1, 0.15) is 6.04 Å². The predicted octanol–water partition coefficient (Wildman–Crippen LogP) is 7.09. The van der Waals surface area contributed by atoms with Gasteiger partial charge in [0.2, 0.25) is 11.8 Å². The van der Waals surface area contributed by atoms with Crippen LogP contribution < -0.4 is 5.32 Å².